The molecule has 1 rings (SSSR count). The van der Waals surface area contributed by atoms with Gasteiger partial charge < -0.3 is 9.47 Å². The quantitative estimate of drug-likeness (QED) is 0.626. The minimum Gasteiger partial charge on any atom is -0.437 e. The van der Waals surface area contributed by atoms with Gasteiger partial charge in [-0.05, 0) is 0 Å². The number of carbonyl (C=O) groups excluding carboxylic acids is 1. The summed E-state index contributed by atoms with van der Waals surface area (Å²) < 4.78 is 8.79. The summed E-state index contributed by atoms with van der Waals surface area (Å²) in [5.41, 5.74) is 0. The smallest absolute Gasteiger partial charge is 0.437 e. The molecule has 0 N–H and O–H groups in total. The van der Waals surface area contributed by atoms with Gasteiger partial charge in [0.1, 0.15) is 0 Å². The molecule has 63 valence electrons. The van der Waals surface area contributed by atoms with Crippen molar-refractivity contribution in [1.29, 1.82) is 0 Å². The van der Waals surface area contributed by atoms with E-state index in [1.54, 1.807) is 0 Å². The van der Waals surface area contributed by atoms with E-state index in [1.807, 2.05) is 0 Å². The predicted octanol–water partition coefficient (Wildman–Crippen LogP) is 1.68. The van der Waals surface area contributed by atoms with Crippen molar-refractivity contribution in [2.45, 2.75) is 0 Å². The van der Waals surface area contributed by atoms with E-state index in [-0.39, 0.29) is 5.88 Å². The van der Waals surface area contributed by atoms with Crippen LogP contribution in [0.5, 0.6) is 5.88 Å². The Bertz CT molecular complexity index is 272. The fraction of sp³-hybridized carbons (Fsp3) is 0.143. The Morgan fingerprint density at radius 1 is 1.75 bits per heavy atom. The normalized spacial score (nSPS) is 9.17. The highest BCUT2D eigenvalue weighted by atomic mass is 35.5. The number of hydrogen-bond donors (Lipinski definition) is 0. The molecule has 0 spiro atoms. The molecular formula is C7H5ClNO3. The van der Waals surface area contributed by atoms with Gasteiger partial charge in [0.15, 0.2) is 0 Å². The molecule has 1 heterocycles. The summed E-state index contributed by atoms with van der Waals surface area (Å²) in [4.78, 5) is 14.2. The van der Waals surface area contributed by atoms with Gasteiger partial charge in [-0.25, -0.2) is 9.78 Å². The Morgan fingerprint density at radius 2 is 2.50 bits per heavy atom. The maximum atomic E-state index is 10.5. The SMILES string of the molecule is COC(=O)Oc1c[c]c(Cl)cn1. The summed E-state index contributed by atoms with van der Waals surface area (Å²) in [6.45, 7) is 0. The second-order valence-corrected chi connectivity index (χ2v) is 2.20. The van der Waals surface area contributed by atoms with Gasteiger partial charge in [0, 0.05) is 12.1 Å². The van der Waals surface area contributed by atoms with Gasteiger partial charge in [-0.1, -0.05) is 11.6 Å². The summed E-state index contributed by atoms with van der Waals surface area (Å²) in [7, 11) is 1.21. The van der Waals surface area contributed by atoms with E-state index in [0.29, 0.717) is 5.02 Å². The second-order valence-electron chi connectivity index (χ2n) is 1.79. The third-order valence-corrected chi connectivity index (χ3v) is 1.20. The first-order valence-electron chi connectivity index (χ1n) is 3.01. The molecule has 0 bridgehead atoms. The first kappa shape index (κ1) is 8.80. The average molecular weight is 187 g/mol. The highest BCUT2D eigenvalue weighted by molar-refractivity contribution is 6.30. The van der Waals surface area contributed by atoms with E-state index in [2.05, 4.69) is 20.5 Å². The van der Waals surface area contributed by atoms with Crippen molar-refractivity contribution in [2.24, 2.45) is 0 Å². The Morgan fingerprint density at radius 3 is 3.00 bits per heavy atom. The van der Waals surface area contributed by atoms with Crippen molar-refractivity contribution in [3.8, 4) is 5.88 Å². The summed E-state index contributed by atoms with van der Waals surface area (Å²) in [6, 6.07) is 3.95. The number of carbonyl (C=O) groups is 1. The molecular weight excluding hydrogens is 182 g/mol. The molecule has 0 aliphatic rings. The lowest BCUT2D eigenvalue weighted by molar-refractivity contribution is 0.119. The zero-order chi connectivity index (χ0) is 8.97. The van der Waals surface area contributed by atoms with Crippen molar-refractivity contribution in [3.05, 3.63) is 23.4 Å². The van der Waals surface area contributed by atoms with Gasteiger partial charge in [-0.15, -0.1) is 0 Å². The topological polar surface area (TPSA) is 48.4 Å². The van der Waals surface area contributed by atoms with Gasteiger partial charge in [-0.2, -0.15) is 0 Å². The fourth-order valence-corrected chi connectivity index (χ4v) is 0.612. The maximum Gasteiger partial charge on any atom is 0.514 e. The predicted molar refractivity (Wildman–Crippen MR) is 41.1 cm³/mol. The van der Waals surface area contributed by atoms with E-state index >= 15 is 0 Å². The third kappa shape index (κ3) is 2.39. The van der Waals surface area contributed by atoms with Gasteiger partial charge in [0.05, 0.1) is 18.3 Å². The zero-order valence-electron chi connectivity index (χ0n) is 6.20. The Balaban J connectivity index is 2.64. The molecule has 5 heteroatoms. The summed E-state index contributed by atoms with van der Waals surface area (Å²) >= 11 is 5.49. The lowest BCUT2D eigenvalue weighted by atomic mass is 10.5. The van der Waals surface area contributed by atoms with Crippen molar-refractivity contribution in [2.75, 3.05) is 7.11 Å². The zero-order valence-corrected chi connectivity index (χ0v) is 6.96. The molecule has 1 aromatic rings. The summed E-state index contributed by atoms with van der Waals surface area (Å²) in [6.07, 6.45) is 0.498. The van der Waals surface area contributed by atoms with Gasteiger partial charge in [0.2, 0.25) is 5.88 Å². The number of aromatic nitrogens is 1. The molecule has 12 heavy (non-hydrogen) atoms. The van der Waals surface area contributed by atoms with E-state index < -0.39 is 6.16 Å². The largest absolute Gasteiger partial charge is 0.514 e. The van der Waals surface area contributed by atoms with E-state index in [4.69, 9.17) is 11.6 Å². The van der Waals surface area contributed by atoms with Gasteiger partial charge in [-0.3, -0.25) is 0 Å². The van der Waals surface area contributed by atoms with Crippen LogP contribution in [0.1, 0.15) is 0 Å². The standard InChI is InChI=1S/C7H5ClNO3/c1-11-7(10)12-6-3-2-5(8)4-9-6/h3-4H,1H3. The van der Waals surface area contributed by atoms with E-state index in [9.17, 15) is 4.79 Å². The molecule has 0 aliphatic carbocycles. The van der Waals surface area contributed by atoms with Crippen molar-refractivity contribution < 1.29 is 14.3 Å². The van der Waals surface area contributed by atoms with Crippen LogP contribution >= 0.6 is 11.6 Å². The lowest BCUT2D eigenvalue weighted by Crippen LogP contribution is -2.07. The molecule has 0 amide bonds. The Kier molecular flexibility index (Phi) is 2.88. The molecule has 1 radical (unpaired) electrons. The summed E-state index contributed by atoms with van der Waals surface area (Å²) in [5, 5.41) is 0.354. The first-order valence-corrected chi connectivity index (χ1v) is 3.39. The molecule has 4 nitrogen and oxygen atoms in total. The Labute approximate surface area is 74.1 Å². The van der Waals surface area contributed by atoms with E-state index in [1.165, 1.54) is 19.4 Å². The maximum absolute atomic E-state index is 10.5. The average Bonchev–Trinajstić information content (AvgIpc) is 2.09. The monoisotopic (exact) mass is 186 g/mol. The minimum absolute atomic E-state index is 0.103. The second kappa shape index (κ2) is 3.92. The number of methoxy groups -OCH3 is 1. The Hall–Kier alpha value is -1.29. The number of halogens is 1. The van der Waals surface area contributed by atoms with Crippen molar-refractivity contribution in [1.82, 2.24) is 4.98 Å². The first-order chi connectivity index (χ1) is 5.72. The number of ether oxygens (including phenoxy) is 2. The molecule has 0 fully saturated rings. The number of rotatable bonds is 1. The van der Waals surface area contributed by atoms with Gasteiger partial charge in [0.25, 0.3) is 0 Å². The van der Waals surface area contributed by atoms with Crippen LogP contribution in [0.15, 0.2) is 12.3 Å². The molecule has 0 saturated carbocycles. The van der Waals surface area contributed by atoms with Crippen LogP contribution in [0.3, 0.4) is 0 Å². The number of pyridine rings is 1. The molecule has 0 saturated heterocycles. The van der Waals surface area contributed by atoms with Crippen LogP contribution in [0.2, 0.25) is 5.02 Å². The fourth-order valence-electron chi connectivity index (χ4n) is 0.508. The van der Waals surface area contributed by atoms with Crippen molar-refractivity contribution >= 4 is 17.8 Å². The summed E-state index contributed by atoms with van der Waals surface area (Å²) in [5.74, 6) is 0.103. The van der Waals surface area contributed by atoms with Gasteiger partial charge >= 0.3 is 6.16 Å². The van der Waals surface area contributed by atoms with Crippen LogP contribution < -0.4 is 4.74 Å². The molecule has 0 unspecified atom stereocenters. The number of nitrogens with zero attached hydrogens (tertiary/aromatic N) is 1. The van der Waals surface area contributed by atoms with Crippen molar-refractivity contribution in [3.63, 3.8) is 0 Å². The number of hydrogen-bond acceptors (Lipinski definition) is 4. The highest BCUT2D eigenvalue weighted by Crippen LogP contribution is 2.10. The highest BCUT2D eigenvalue weighted by Gasteiger charge is 2.03. The lowest BCUT2D eigenvalue weighted by Gasteiger charge is -1.99. The van der Waals surface area contributed by atoms with Crippen LogP contribution in [-0.2, 0) is 4.74 Å². The van der Waals surface area contributed by atoms with Crippen LogP contribution in [0.25, 0.3) is 0 Å². The molecule has 1 aromatic heterocycles. The molecule has 0 aromatic carbocycles. The third-order valence-electron chi connectivity index (χ3n) is 0.993. The van der Waals surface area contributed by atoms with Crippen LogP contribution in [0.4, 0.5) is 4.79 Å². The molecule has 0 aliphatic heterocycles. The van der Waals surface area contributed by atoms with E-state index in [0.717, 1.165) is 0 Å². The molecule has 0 atom stereocenters. The minimum atomic E-state index is -0.821. The van der Waals surface area contributed by atoms with Crippen LogP contribution in [-0.4, -0.2) is 18.2 Å². The van der Waals surface area contributed by atoms with Crippen LogP contribution in [0, 0.1) is 6.07 Å².